The van der Waals surface area contributed by atoms with E-state index in [9.17, 15) is 13.8 Å². The van der Waals surface area contributed by atoms with E-state index >= 15 is 0 Å². The van der Waals surface area contributed by atoms with Gasteiger partial charge in [-0.15, -0.1) is 0 Å². The third-order valence-electron chi connectivity index (χ3n) is 3.59. The van der Waals surface area contributed by atoms with Gasteiger partial charge in [0, 0.05) is 41.3 Å². The van der Waals surface area contributed by atoms with E-state index in [1.54, 1.807) is 4.90 Å². The van der Waals surface area contributed by atoms with Gasteiger partial charge in [0.15, 0.2) is 0 Å². The van der Waals surface area contributed by atoms with Crippen molar-refractivity contribution in [3.05, 3.63) is 0 Å². The summed E-state index contributed by atoms with van der Waals surface area (Å²) < 4.78 is 11.3. The number of hydrogen-bond donors (Lipinski definition) is 1. The van der Waals surface area contributed by atoms with Gasteiger partial charge in [0.1, 0.15) is 0 Å². The van der Waals surface area contributed by atoms with Crippen molar-refractivity contribution < 1.29 is 18.9 Å². The molecule has 0 aliphatic carbocycles. The van der Waals surface area contributed by atoms with Crippen LogP contribution in [0.15, 0.2) is 0 Å². The Bertz CT molecular complexity index is 347. The fraction of sp³-hybridized carbons (Fsp3) is 0.818. The van der Waals surface area contributed by atoms with Crippen molar-refractivity contribution in [3.8, 4) is 0 Å². The number of likely N-dealkylation sites (tertiary alicyclic amines) is 1. The van der Waals surface area contributed by atoms with Crippen LogP contribution in [0.5, 0.6) is 0 Å². The van der Waals surface area contributed by atoms with E-state index in [1.165, 1.54) is 0 Å². The molecule has 0 saturated carbocycles. The zero-order valence-electron chi connectivity index (χ0n) is 9.63. The van der Waals surface area contributed by atoms with E-state index in [0.717, 1.165) is 12.8 Å². The number of carbonyl (C=O) groups excluding carboxylic acids is 1. The maximum atomic E-state index is 11.8. The molecule has 0 aromatic carbocycles. The molecule has 6 heteroatoms. The molecule has 1 unspecified atom stereocenters. The van der Waals surface area contributed by atoms with Crippen LogP contribution >= 0.6 is 0 Å². The fourth-order valence-corrected chi connectivity index (χ4v) is 3.79. The van der Waals surface area contributed by atoms with Gasteiger partial charge in [0.2, 0.25) is 5.91 Å². The zero-order valence-corrected chi connectivity index (χ0v) is 10.4. The van der Waals surface area contributed by atoms with Crippen molar-refractivity contribution in [2.45, 2.75) is 31.7 Å². The maximum absolute atomic E-state index is 11.8. The number of amides is 1. The maximum Gasteiger partial charge on any atom is 0.308 e. The van der Waals surface area contributed by atoms with Crippen molar-refractivity contribution in [1.82, 2.24) is 4.90 Å². The van der Waals surface area contributed by atoms with Gasteiger partial charge < -0.3 is 10.0 Å². The van der Waals surface area contributed by atoms with Gasteiger partial charge in [-0.25, -0.2) is 0 Å². The largest absolute Gasteiger partial charge is 0.481 e. The molecule has 5 nitrogen and oxygen atoms in total. The van der Waals surface area contributed by atoms with Gasteiger partial charge >= 0.3 is 5.97 Å². The van der Waals surface area contributed by atoms with Crippen LogP contribution in [0.4, 0.5) is 0 Å². The lowest BCUT2D eigenvalue weighted by atomic mass is 9.95. The standard InChI is InChI=1S/C11H17NO4S/c13-10-2-1-8(11(14)15)7-12(10)9-3-5-17(16)6-4-9/h8-9H,1-7H2,(H,14,15). The number of rotatable bonds is 2. The normalized spacial score (nSPS) is 34.7. The summed E-state index contributed by atoms with van der Waals surface area (Å²) in [5.41, 5.74) is 0. The Balaban J connectivity index is 2.00. The van der Waals surface area contributed by atoms with E-state index in [4.69, 9.17) is 5.11 Å². The van der Waals surface area contributed by atoms with Gasteiger partial charge in [-0.1, -0.05) is 0 Å². The molecule has 2 aliphatic rings. The molecule has 0 aromatic heterocycles. The van der Waals surface area contributed by atoms with E-state index < -0.39 is 22.7 Å². The molecule has 2 saturated heterocycles. The second-order valence-corrected chi connectivity index (χ2v) is 6.40. The lowest BCUT2D eigenvalue weighted by molar-refractivity contribution is -0.148. The van der Waals surface area contributed by atoms with Crippen LogP contribution in [0.1, 0.15) is 25.7 Å². The van der Waals surface area contributed by atoms with E-state index in [-0.39, 0.29) is 11.9 Å². The highest BCUT2D eigenvalue weighted by atomic mass is 32.2. The number of piperidine rings is 1. The van der Waals surface area contributed by atoms with E-state index in [1.807, 2.05) is 0 Å². The summed E-state index contributed by atoms with van der Waals surface area (Å²) >= 11 is 0. The molecule has 17 heavy (non-hydrogen) atoms. The molecule has 0 radical (unpaired) electrons. The molecule has 2 rings (SSSR count). The van der Waals surface area contributed by atoms with Crippen LogP contribution in [0.3, 0.4) is 0 Å². The summed E-state index contributed by atoms with van der Waals surface area (Å²) in [6.45, 7) is 0.325. The minimum absolute atomic E-state index is 0.0557. The average molecular weight is 259 g/mol. The van der Waals surface area contributed by atoms with Crippen LogP contribution < -0.4 is 0 Å². The average Bonchev–Trinajstić information content (AvgIpc) is 2.31. The molecule has 1 N–H and O–H groups in total. The number of nitrogens with zero attached hydrogens (tertiary/aromatic N) is 1. The second-order valence-electron chi connectivity index (χ2n) is 4.70. The lowest BCUT2D eigenvalue weighted by Crippen LogP contribution is -2.50. The Labute approximate surface area is 103 Å². The third-order valence-corrected chi connectivity index (χ3v) is 4.97. The number of carboxylic acids is 1. The van der Waals surface area contributed by atoms with E-state index in [0.29, 0.717) is 30.9 Å². The van der Waals surface area contributed by atoms with Crippen LogP contribution in [-0.4, -0.2) is 50.2 Å². The lowest BCUT2D eigenvalue weighted by Gasteiger charge is -2.38. The first-order valence-corrected chi connectivity index (χ1v) is 7.44. The molecule has 1 amide bonds. The quantitative estimate of drug-likeness (QED) is 0.770. The number of carboxylic acid groups (broad SMARTS) is 1. The van der Waals surface area contributed by atoms with Gasteiger partial charge in [-0.05, 0) is 19.3 Å². The van der Waals surface area contributed by atoms with Gasteiger partial charge in [0.25, 0.3) is 0 Å². The molecule has 2 heterocycles. The predicted octanol–water partition coefficient (Wildman–Crippen LogP) is 0.221. The highest BCUT2D eigenvalue weighted by Gasteiger charge is 2.35. The van der Waals surface area contributed by atoms with Gasteiger partial charge in [0.05, 0.1) is 5.92 Å². The van der Waals surface area contributed by atoms with Crippen molar-refractivity contribution in [2.75, 3.05) is 18.1 Å². The van der Waals surface area contributed by atoms with Gasteiger partial charge in [-0.2, -0.15) is 0 Å². The summed E-state index contributed by atoms with van der Waals surface area (Å²) in [5, 5.41) is 9.00. The molecule has 2 aliphatic heterocycles. The Hall–Kier alpha value is -0.910. The second kappa shape index (κ2) is 5.16. The molecule has 1 atom stereocenters. The first-order chi connectivity index (χ1) is 8.08. The molecule has 0 bridgehead atoms. The Morgan fingerprint density at radius 1 is 1.29 bits per heavy atom. The third kappa shape index (κ3) is 2.86. The van der Waals surface area contributed by atoms with Crippen molar-refractivity contribution in [3.63, 3.8) is 0 Å². The summed E-state index contributed by atoms with van der Waals surface area (Å²) in [5.74, 6) is 0.0699. The van der Waals surface area contributed by atoms with Gasteiger partial charge in [-0.3, -0.25) is 13.8 Å². The van der Waals surface area contributed by atoms with Crippen molar-refractivity contribution >= 4 is 22.7 Å². The summed E-state index contributed by atoms with van der Waals surface area (Å²) in [6, 6.07) is 0.0994. The number of aliphatic carboxylic acids is 1. The van der Waals surface area contributed by atoms with Crippen molar-refractivity contribution in [1.29, 1.82) is 0 Å². The predicted molar refractivity (Wildman–Crippen MR) is 63.0 cm³/mol. The monoisotopic (exact) mass is 259 g/mol. The molecule has 0 spiro atoms. The minimum atomic E-state index is -0.818. The van der Waals surface area contributed by atoms with Crippen LogP contribution in [0.2, 0.25) is 0 Å². The minimum Gasteiger partial charge on any atom is -0.481 e. The Morgan fingerprint density at radius 3 is 2.53 bits per heavy atom. The number of hydrogen-bond acceptors (Lipinski definition) is 3. The number of carbonyl (C=O) groups is 2. The fourth-order valence-electron chi connectivity index (χ4n) is 2.52. The van der Waals surface area contributed by atoms with Crippen molar-refractivity contribution in [2.24, 2.45) is 5.92 Å². The SMILES string of the molecule is O=C(O)C1CCC(=O)N(C2CCS(=O)CC2)C1. The Kier molecular flexibility index (Phi) is 3.81. The smallest absolute Gasteiger partial charge is 0.308 e. The zero-order chi connectivity index (χ0) is 12.4. The molecule has 2 fully saturated rings. The molecular formula is C11H17NO4S. The van der Waals surface area contributed by atoms with Crippen LogP contribution in [0.25, 0.3) is 0 Å². The first-order valence-electron chi connectivity index (χ1n) is 5.95. The molecular weight excluding hydrogens is 242 g/mol. The summed E-state index contributed by atoms with van der Waals surface area (Å²) in [7, 11) is -0.748. The highest BCUT2D eigenvalue weighted by Crippen LogP contribution is 2.24. The molecule has 0 aromatic rings. The van der Waals surface area contributed by atoms with E-state index in [2.05, 4.69) is 0 Å². The molecule has 96 valence electrons. The summed E-state index contributed by atoms with van der Waals surface area (Å²) in [6.07, 6.45) is 2.26. The van der Waals surface area contributed by atoms with Crippen LogP contribution in [-0.2, 0) is 20.4 Å². The Morgan fingerprint density at radius 2 is 1.94 bits per heavy atom. The topological polar surface area (TPSA) is 74.7 Å². The highest BCUT2D eigenvalue weighted by molar-refractivity contribution is 7.85. The summed E-state index contributed by atoms with van der Waals surface area (Å²) in [4.78, 5) is 24.5. The van der Waals surface area contributed by atoms with Crippen LogP contribution in [0, 0.1) is 5.92 Å². The first kappa shape index (κ1) is 12.5.